The van der Waals surface area contributed by atoms with Gasteiger partial charge < -0.3 is 24.8 Å². The Morgan fingerprint density at radius 1 is 1.17 bits per heavy atom. The number of hydrogen-bond acceptors (Lipinski definition) is 12. The molecule has 0 saturated carbocycles. The van der Waals surface area contributed by atoms with Crippen molar-refractivity contribution < 1.29 is 42.3 Å². The van der Waals surface area contributed by atoms with E-state index in [1.165, 1.54) is 14.1 Å². The first kappa shape index (κ1) is 26.9. The number of aromatic nitrogens is 2. The molecule has 2 aromatic rings. The number of rotatable bonds is 10. The first-order valence-corrected chi connectivity index (χ1v) is 11.6. The van der Waals surface area contributed by atoms with Crippen molar-refractivity contribution in [1.29, 1.82) is 0 Å². The molecule has 2 N–H and O–H groups in total. The smallest absolute Gasteiger partial charge is 0.373 e. The van der Waals surface area contributed by atoms with Gasteiger partial charge in [0, 0.05) is 25.9 Å². The van der Waals surface area contributed by atoms with Gasteiger partial charge in [0.15, 0.2) is 0 Å². The number of carbonyl (C=O) groups excluding carboxylic acids is 2. The van der Waals surface area contributed by atoms with Crippen LogP contribution in [0.1, 0.15) is 27.6 Å². The highest BCUT2D eigenvalue weighted by Gasteiger charge is 2.30. The Bertz CT molecular complexity index is 1290. The number of nitrogens with one attached hydrogen (secondary N) is 1. The van der Waals surface area contributed by atoms with E-state index in [1.54, 1.807) is 6.92 Å². The molecule has 0 radical (unpaired) electrons. The molecule has 0 aliphatic heterocycles. The number of aromatic carboxylic acids is 1. The van der Waals surface area contributed by atoms with Crippen LogP contribution in [0, 0.1) is 10.1 Å². The van der Waals surface area contributed by atoms with Gasteiger partial charge in [-0.05, 0) is 25.1 Å². The molecule has 0 unspecified atom stereocenters. The molecule has 188 valence electrons. The topological polar surface area (TPSA) is 208 Å². The third-order valence-corrected chi connectivity index (χ3v) is 4.92. The molecule has 0 spiro atoms. The van der Waals surface area contributed by atoms with Crippen molar-refractivity contribution in [2.75, 3.05) is 38.8 Å². The zero-order chi connectivity index (χ0) is 26.5. The van der Waals surface area contributed by atoms with E-state index < -0.39 is 61.7 Å². The minimum absolute atomic E-state index is 0.0310. The molecule has 0 saturated heterocycles. The zero-order valence-electron chi connectivity index (χ0n) is 19.0. The van der Waals surface area contributed by atoms with Crippen molar-refractivity contribution in [2.24, 2.45) is 0 Å². The normalized spacial score (nSPS) is 10.9. The van der Waals surface area contributed by atoms with E-state index >= 15 is 0 Å². The molecule has 15 nitrogen and oxygen atoms in total. The maximum absolute atomic E-state index is 12.4. The lowest BCUT2D eigenvalue weighted by Gasteiger charge is -2.14. The third-order valence-electron chi connectivity index (χ3n) is 4.07. The van der Waals surface area contributed by atoms with Gasteiger partial charge in [-0.25, -0.2) is 13.2 Å². The monoisotopic (exact) mass is 511 g/mol. The molecule has 0 bridgehead atoms. The lowest BCUT2D eigenvalue weighted by molar-refractivity contribution is -0.385. The summed E-state index contributed by atoms with van der Waals surface area (Å²) < 4.78 is 34.3. The number of esters is 1. The molecule has 1 amide bonds. The summed E-state index contributed by atoms with van der Waals surface area (Å²) in [6.45, 7) is 0.979. The van der Waals surface area contributed by atoms with Gasteiger partial charge in [0.05, 0.1) is 17.1 Å². The number of nitro groups is 1. The number of nitrogens with zero attached hydrogens (tertiary/aromatic N) is 4. The summed E-state index contributed by atoms with van der Waals surface area (Å²) in [4.78, 5) is 54.7. The minimum atomic E-state index is -4.12. The second-order valence-electron chi connectivity index (χ2n) is 7.05. The molecule has 2 rings (SSSR count). The van der Waals surface area contributed by atoms with Crippen LogP contribution in [0.25, 0.3) is 0 Å². The maximum atomic E-state index is 12.4. The van der Waals surface area contributed by atoms with Crippen LogP contribution < -0.4 is 10.1 Å². The van der Waals surface area contributed by atoms with Crippen molar-refractivity contribution in [3.8, 4) is 11.6 Å². The number of ether oxygens (including phenoxy) is 2. The Balaban J connectivity index is 2.69. The molecule has 0 aliphatic rings. The Labute approximate surface area is 198 Å². The van der Waals surface area contributed by atoms with Crippen molar-refractivity contribution >= 4 is 39.2 Å². The lowest BCUT2D eigenvalue weighted by Crippen LogP contribution is -2.22. The average Bonchev–Trinajstić information content (AvgIpc) is 2.75. The number of amides is 1. The molecule has 1 aromatic carbocycles. The second-order valence-corrected chi connectivity index (χ2v) is 8.96. The van der Waals surface area contributed by atoms with Crippen LogP contribution in [-0.2, 0) is 19.4 Å². The summed E-state index contributed by atoms with van der Waals surface area (Å²) in [7, 11) is -1.28. The van der Waals surface area contributed by atoms with Crippen molar-refractivity contribution in [2.45, 2.75) is 12.1 Å². The van der Waals surface area contributed by atoms with Crippen LogP contribution in [0.15, 0.2) is 23.4 Å². The highest BCUT2D eigenvalue weighted by atomic mass is 32.2. The standard InChI is InChI=1S/C19H21N5O10S/c1-5-33-13(25)9-20-15-14(24(29)30)16(22-19(21-15)35(4,31)32)34-12-7-10(17(26)23(2)3)6-11(8-12)18(27)28/h6-8H,5,9H2,1-4H3,(H,27,28)(H,20,21,22). The number of carboxylic acid groups (broad SMARTS) is 1. The number of sulfone groups is 1. The Morgan fingerprint density at radius 2 is 1.80 bits per heavy atom. The number of anilines is 1. The van der Waals surface area contributed by atoms with E-state index in [9.17, 15) is 38.0 Å². The molecule has 16 heteroatoms. The molecule has 1 heterocycles. The molecular weight excluding hydrogens is 490 g/mol. The molecule has 0 aliphatic carbocycles. The highest BCUT2D eigenvalue weighted by molar-refractivity contribution is 7.90. The number of benzene rings is 1. The van der Waals surface area contributed by atoms with Gasteiger partial charge in [-0.2, -0.15) is 9.97 Å². The van der Waals surface area contributed by atoms with Crippen LogP contribution in [0.2, 0.25) is 0 Å². The van der Waals surface area contributed by atoms with Crippen LogP contribution in [0.3, 0.4) is 0 Å². The van der Waals surface area contributed by atoms with Gasteiger partial charge in [0.1, 0.15) is 12.3 Å². The summed E-state index contributed by atoms with van der Waals surface area (Å²) in [6, 6.07) is 3.14. The van der Waals surface area contributed by atoms with Gasteiger partial charge in [-0.1, -0.05) is 0 Å². The van der Waals surface area contributed by atoms with Crippen LogP contribution in [-0.4, -0.2) is 84.7 Å². The van der Waals surface area contributed by atoms with Crippen molar-refractivity contribution in [3.63, 3.8) is 0 Å². The molecular formula is C19H21N5O10S. The number of carboxylic acids is 1. The summed E-state index contributed by atoms with van der Waals surface area (Å²) in [5, 5.41) is 22.6. The average molecular weight is 511 g/mol. The zero-order valence-corrected chi connectivity index (χ0v) is 19.8. The summed E-state index contributed by atoms with van der Waals surface area (Å²) >= 11 is 0. The fourth-order valence-corrected chi connectivity index (χ4v) is 3.09. The van der Waals surface area contributed by atoms with Crippen molar-refractivity contribution in [1.82, 2.24) is 14.9 Å². The number of hydrogen-bond donors (Lipinski definition) is 2. The summed E-state index contributed by atoms with van der Waals surface area (Å²) in [5.41, 5.74) is -1.44. The van der Waals surface area contributed by atoms with E-state index in [2.05, 4.69) is 15.3 Å². The van der Waals surface area contributed by atoms with E-state index in [4.69, 9.17) is 9.47 Å². The van der Waals surface area contributed by atoms with E-state index in [0.29, 0.717) is 0 Å². The number of carbonyl (C=O) groups is 3. The van der Waals surface area contributed by atoms with Gasteiger partial charge in [-0.15, -0.1) is 0 Å². The van der Waals surface area contributed by atoms with Crippen LogP contribution in [0.5, 0.6) is 11.6 Å². The van der Waals surface area contributed by atoms with Gasteiger partial charge in [-0.3, -0.25) is 19.7 Å². The predicted molar refractivity (Wildman–Crippen MR) is 118 cm³/mol. The van der Waals surface area contributed by atoms with Crippen LogP contribution in [0.4, 0.5) is 11.5 Å². The van der Waals surface area contributed by atoms with Crippen LogP contribution >= 0.6 is 0 Å². The fraction of sp³-hybridized carbons (Fsp3) is 0.316. The van der Waals surface area contributed by atoms with E-state index in [1.807, 2.05) is 0 Å². The molecule has 35 heavy (non-hydrogen) atoms. The first-order valence-electron chi connectivity index (χ1n) is 9.68. The Kier molecular flexibility index (Phi) is 8.25. The molecule has 1 aromatic heterocycles. The Morgan fingerprint density at radius 3 is 2.31 bits per heavy atom. The van der Waals surface area contributed by atoms with E-state index in [0.717, 1.165) is 29.4 Å². The Hall–Kier alpha value is -4.34. The summed E-state index contributed by atoms with van der Waals surface area (Å²) in [6.07, 6.45) is 0.742. The summed E-state index contributed by atoms with van der Waals surface area (Å²) in [5.74, 6) is -4.70. The van der Waals surface area contributed by atoms with Gasteiger partial charge >= 0.3 is 23.5 Å². The fourth-order valence-electron chi connectivity index (χ4n) is 2.58. The largest absolute Gasteiger partial charge is 0.478 e. The van der Waals surface area contributed by atoms with E-state index in [-0.39, 0.29) is 23.5 Å². The van der Waals surface area contributed by atoms with Gasteiger partial charge in [0.25, 0.3) is 11.1 Å². The molecule has 0 atom stereocenters. The lowest BCUT2D eigenvalue weighted by atomic mass is 10.1. The third kappa shape index (κ3) is 6.83. The maximum Gasteiger partial charge on any atom is 0.373 e. The predicted octanol–water partition coefficient (Wildman–Crippen LogP) is 0.956. The first-order chi connectivity index (χ1) is 16.2. The molecule has 0 fully saturated rings. The quantitative estimate of drug-likeness (QED) is 0.197. The van der Waals surface area contributed by atoms with Crippen molar-refractivity contribution in [3.05, 3.63) is 39.4 Å². The highest BCUT2D eigenvalue weighted by Crippen LogP contribution is 2.36. The second kappa shape index (κ2) is 10.7. The van der Waals surface area contributed by atoms with Gasteiger partial charge in [0.2, 0.25) is 15.7 Å². The minimum Gasteiger partial charge on any atom is -0.478 e. The SMILES string of the molecule is CCOC(=O)CNc1nc(S(C)(=O)=O)nc(Oc2cc(C(=O)O)cc(C(=O)N(C)C)c2)c1[N+](=O)[O-].